The molecule has 0 aromatic heterocycles. The predicted molar refractivity (Wildman–Crippen MR) is 94.5 cm³/mol. The fourth-order valence-electron chi connectivity index (χ4n) is 0.818. The molecule has 0 heterocycles. The molecule has 0 fully saturated rings. The van der Waals surface area contributed by atoms with Crippen LogP contribution in [0.3, 0.4) is 0 Å². The molecule has 1 aromatic carbocycles. The molecule has 1 aliphatic rings. The van der Waals surface area contributed by atoms with Crippen LogP contribution >= 0.6 is 34.0 Å². The average molecular weight is 469 g/mol. The van der Waals surface area contributed by atoms with E-state index in [9.17, 15) is 0 Å². The van der Waals surface area contributed by atoms with Crippen molar-refractivity contribution in [3.63, 3.8) is 0 Å². The van der Waals surface area contributed by atoms with E-state index in [1.54, 1.807) is 23.3 Å². The summed E-state index contributed by atoms with van der Waals surface area (Å²) in [5.41, 5.74) is 1.07. The minimum absolute atomic E-state index is 0. The van der Waals surface area contributed by atoms with Crippen LogP contribution in [0.1, 0.15) is 12.0 Å². The van der Waals surface area contributed by atoms with Crippen molar-refractivity contribution in [2.75, 3.05) is 0 Å². The maximum atomic E-state index is 3.72. The third-order valence-corrected chi connectivity index (χ3v) is 1.43. The molecule has 0 saturated heterocycles. The van der Waals surface area contributed by atoms with Crippen LogP contribution in [0.5, 0.6) is 0 Å². The zero-order chi connectivity index (χ0) is 10.6. The fourth-order valence-corrected chi connectivity index (χ4v) is 0.818. The van der Waals surface area contributed by atoms with E-state index in [0.717, 1.165) is 12.0 Å². The third kappa shape index (κ3) is 21.9. The van der Waals surface area contributed by atoms with Crippen molar-refractivity contribution in [1.29, 1.82) is 0 Å². The summed E-state index contributed by atoms with van der Waals surface area (Å²) < 4.78 is 0. The second kappa shape index (κ2) is 26.2. The van der Waals surface area contributed by atoms with Gasteiger partial charge in [0.15, 0.2) is 0 Å². The van der Waals surface area contributed by atoms with Crippen LogP contribution in [0, 0.1) is 27.9 Å². The molecular formula is C14H22Br2SiZr-4. The number of allylic oxidation sites excluding steroid dienone is 4. The Labute approximate surface area is 151 Å². The van der Waals surface area contributed by atoms with Gasteiger partial charge in [0.1, 0.15) is 0 Å². The summed E-state index contributed by atoms with van der Waals surface area (Å²) >= 11 is 1.58. The molecule has 0 saturated carbocycles. The number of hydrogen-bond acceptors (Lipinski definition) is 0. The molecule has 0 amide bonds. The van der Waals surface area contributed by atoms with Gasteiger partial charge in [-0.3, -0.25) is 6.08 Å². The van der Waals surface area contributed by atoms with Crippen LogP contribution in [-0.2, 0) is 23.3 Å². The monoisotopic (exact) mass is 466 g/mol. The molecule has 0 spiro atoms. The van der Waals surface area contributed by atoms with Crippen molar-refractivity contribution in [1.82, 2.24) is 0 Å². The Morgan fingerprint density at radius 1 is 1.06 bits per heavy atom. The number of rotatable bonds is 0. The molecule has 1 aliphatic carbocycles. The maximum absolute atomic E-state index is 3.72. The summed E-state index contributed by atoms with van der Waals surface area (Å²) in [7, 11) is 0. The Kier molecular flexibility index (Phi) is 45.4. The molecule has 0 bridgehead atoms. The first-order valence-corrected chi connectivity index (χ1v) is 10.3. The van der Waals surface area contributed by atoms with E-state index in [4.69, 9.17) is 0 Å². The average Bonchev–Trinajstić information content (AvgIpc) is 2.80. The van der Waals surface area contributed by atoms with E-state index in [1.807, 2.05) is 49.4 Å². The quantitative estimate of drug-likeness (QED) is 0.393. The van der Waals surface area contributed by atoms with Crippen LogP contribution in [0.2, 0.25) is 0 Å². The Hall–Kier alpha value is 0.630. The van der Waals surface area contributed by atoms with Gasteiger partial charge in [-0.05, 0) is 0 Å². The summed E-state index contributed by atoms with van der Waals surface area (Å²) in [6.45, 7) is 5.67. The molecule has 2 rings (SSSR count). The van der Waals surface area contributed by atoms with E-state index in [2.05, 4.69) is 19.1 Å². The van der Waals surface area contributed by atoms with Gasteiger partial charge in [-0.15, -0.1) is 52.5 Å². The van der Waals surface area contributed by atoms with Gasteiger partial charge in [0.2, 0.25) is 0 Å². The van der Waals surface area contributed by atoms with Gasteiger partial charge in [0.05, 0.1) is 0 Å². The summed E-state index contributed by atoms with van der Waals surface area (Å²) in [5, 5.41) is 0. The summed E-state index contributed by atoms with van der Waals surface area (Å²) in [6.07, 6.45) is 10.0. The van der Waals surface area contributed by atoms with Crippen LogP contribution in [0.25, 0.3) is 0 Å². The molecular weight excluding hydrogens is 447 g/mol. The van der Waals surface area contributed by atoms with E-state index in [-0.39, 0.29) is 48.8 Å². The van der Waals surface area contributed by atoms with Crippen LogP contribution in [0.4, 0.5) is 0 Å². The number of benzene rings is 1. The Balaban J connectivity index is -0.0000000470. The van der Waals surface area contributed by atoms with Crippen molar-refractivity contribution in [2.45, 2.75) is 6.42 Å². The molecule has 1 aromatic rings. The standard InChI is InChI=1S/C7H7.C5H5.2CH3.2BrH.H2Si.Zr/c1-7-5-3-2-4-6-7;1-2-4-5-3-1;;;;;;/h2-6H,1H2;1-3H,4H2;2*1H3;2*1H;1H2;/q4*-1;;;;. The predicted octanol–water partition coefficient (Wildman–Crippen LogP) is 4.31. The van der Waals surface area contributed by atoms with Gasteiger partial charge in [-0.2, -0.15) is 30.7 Å². The van der Waals surface area contributed by atoms with E-state index in [0.29, 0.717) is 0 Å². The van der Waals surface area contributed by atoms with Gasteiger partial charge in [-0.25, -0.2) is 12.2 Å². The van der Waals surface area contributed by atoms with Crippen molar-refractivity contribution in [3.05, 3.63) is 82.0 Å². The first kappa shape index (κ1) is 31.2. The Morgan fingerprint density at radius 2 is 1.56 bits per heavy atom. The second-order valence-electron chi connectivity index (χ2n) is 2.49. The Morgan fingerprint density at radius 3 is 1.72 bits per heavy atom. The normalized spacial score (nSPS) is 8.39. The third-order valence-electron chi connectivity index (χ3n) is 1.43. The minimum atomic E-state index is 0. The van der Waals surface area contributed by atoms with Gasteiger partial charge in [0, 0.05) is 0 Å². The first-order chi connectivity index (χ1) is 6.89. The summed E-state index contributed by atoms with van der Waals surface area (Å²) in [5.74, 6) is 0. The second-order valence-corrected chi connectivity index (χ2v) is 2.49. The van der Waals surface area contributed by atoms with Crippen LogP contribution in [0.15, 0.2) is 48.6 Å². The zero-order valence-corrected chi connectivity index (χ0v) is 18.4. The van der Waals surface area contributed by atoms with Gasteiger partial charge in [-0.1, -0.05) is 6.07 Å². The fraction of sp³-hybridized carbons (Fsp3) is 0.0714. The Bertz CT molecular complexity index is 277. The molecule has 4 heteroatoms. The molecule has 0 radical (unpaired) electrons. The number of hydrogen-bond donors (Lipinski definition) is 0. The summed E-state index contributed by atoms with van der Waals surface area (Å²) in [4.78, 5) is 0. The van der Waals surface area contributed by atoms with Gasteiger partial charge in [0.25, 0.3) is 0 Å². The van der Waals surface area contributed by atoms with Crippen LogP contribution in [-0.4, -0.2) is 6.88 Å². The van der Waals surface area contributed by atoms with E-state index >= 15 is 0 Å². The van der Waals surface area contributed by atoms with Crippen molar-refractivity contribution in [3.8, 4) is 0 Å². The van der Waals surface area contributed by atoms with Crippen molar-refractivity contribution < 1.29 is 23.3 Å². The van der Waals surface area contributed by atoms with Gasteiger partial charge >= 0.3 is 30.2 Å². The topological polar surface area (TPSA) is 0 Å². The van der Waals surface area contributed by atoms with E-state index in [1.165, 1.54) is 0 Å². The molecule has 0 unspecified atom stereocenters. The molecule has 0 nitrogen and oxygen atoms in total. The van der Waals surface area contributed by atoms with Gasteiger partial charge < -0.3 is 14.9 Å². The molecule has 104 valence electrons. The van der Waals surface area contributed by atoms with Crippen LogP contribution < -0.4 is 0 Å². The number of halogens is 2. The molecule has 18 heavy (non-hydrogen) atoms. The summed E-state index contributed by atoms with van der Waals surface area (Å²) in [6, 6.07) is 9.87. The zero-order valence-electron chi connectivity index (χ0n) is 11.1. The molecule has 0 N–H and O–H groups in total. The molecule has 0 aliphatic heterocycles. The molecule has 0 atom stereocenters. The van der Waals surface area contributed by atoms with Crippen molar-refractivity contribution in [2.24, 2.45) is 0 Å². The first-order valence-electron chi connectivity index (χ1n) is 4.33. The van der Waals surface area contributed by atoms with E-state index < -0.39 is 0 Å². The van der Waals surface area contributed by atoms with Crippen molar-refractivity contribution >= 4 is 40.8 Å². The SMILES string of the molecule is Br.Br.[C-]1=CC=CC1.[CH2-]c1ccccc1.[CH3-].[CH3-].[SiH2]=[Zr].